The fourth-order valence-electron chi connectivity index (χ4n) is 4.06. The number of aliphatic hydroxyl groups is 1. The lowest BCUT2D eigenvalue weighted by atomic mass is 9.93. The number of aromatic amines is 1. The highest BCUT2D eigenvalue weighted by molar-refractivity contribution is 5.74. The van der Waals surface area contributed by atoms with Crippen molar-refractivity contribution in [3.8, 4) is 0 Å². The lowest BCUT2D eigenvalue weighted by Gasteiger charge is -2.16. The summed E-state index contributed by atoms with van der Waals surface area (Å²) >= 11 is 0. The second-order valence-corrected chi connectivity index (χ2v) is 6.35. The summed E-state index contributed by atoms with van der Waals surface area (Å²) < 4.78 is 2.15. The number of aromatic nitrogens is 5. The van der Waals surface area contributed by atoms with Gasteiger partial charge in [0.15, 0.2) is 11.3 Å². The Morgan fingerprint density at radius 2 is 2.27 bits per heavy atom. The molecule has 116 valence electrons. The second kappa shape index (κ2) is 5.35. The maximum atomic E-state index is 9.24. The van der Waals surface area contributed by atoms with E-state index in [0.29, 0.717) is 17.8 Å². The van der Waals surface area contributed by atoms with E-state index >= 15 is 0 Å². The van der Waals surface area contributed by atoms with Gasteiger partial charge in [0.2, 0.25) is 0 Å². The summed E-state index contributed by atoms with van der Waals surface area (Å²) in [5, 5.41) is 18.1. The van der Waals surface area contributed by atoms with E-state index in [2.05, 4.69) is 31.5 Å². The van der Waals surface area contributed by atoms with E-state index in [1.165, 1.54) is 6.42 Å². The topological polar surface area (TPSA) is 79.1 Å². The molecule has 6 heteroatoms. The third-order valence-electron chi connectivity index (χ3n) is 5.15. The predicted molar refractivity (Wildman–Crippen MR) is 83.6 cm³/mol. The smallest absolute Gasteiger partial charge is 0.179 e. The number of rotatable bonds is 4. The SMILES string of the molecule is CC[C@@H]1C[C@H](CCO)C[C@@H]1c1nnc2cnc3[nH]ccc3n12. The molecule has 1 saturated carbocycles. The Balaban J connectivity index is 1.81. The molecule has 1 aliphatic carbocycles. The minimum atomic E-state index is 0.278. The first-order valence-corrected chi connectivity index (χ1v) is 8.09. The zero-order valence-corrected chi connectivity index (χ0v) is 12.7. The van der Waals surface area contributed by atoms with Gasteiger partial charge >= 0.3 is 0 Å². The van der Waals surface area contributed by atoms with Crippen molar-refractivity contribution in [2.45, 2.75) is 38.5 Å². The second-order valence-electron chi connectivity index (χ2n) is 6.35. The van der Waals surface area contributed by atoms with Crippen molar-refractivity contribution in [1.29, 1.82) is 0 Å². The van der Waals surface area contributed by atoms with Crippen molar-refractivity contribution in [2.24, 2.45) is 11.8 Å². The Bertz CT molecular complexity index is 792. The molecule has 0 aliphatic heterocycles. The Labute approximate surface area is 128 Å². The molecule has 3 heterocycles. The van der Waals surface area contributed by atoms with Gasteiger partial charge in [0.25, 0.3) is 0 Å². The summed E-state index contributed by atoms with van der Waals surface area (Å²) in [5.41, 5.74) is 2.71. The van der Waals surface area contributed by atoms with Gasteiger partial charge in [0, 0.05) is 18.7 Å². The van der Waals surface area contributed by atoms with Gasteiger partial charge in [0.1, 0.15) is 5.82 Å². The molecule has 4 rings (SSSR count). The van der Waals surface area contributed by atoms with E-state index in [9.17, 15) is 5.11 Å². The Kier molecular flexibility index (Phi) is 3.33. The number of nitrogens with zero attached hydrogens (tertiary/aromatic N) is 4. The normalized spacial score (nSPS) is 25.5. The van der Waals surface area contributed by atoms with Crippen molar-refractivity contribution in [3.63, 3.8) is 0 Å². The maximum absolute atomic E-state index is 9.24. The molecule has 0 aromatic carbocycles. The molecule has 0 spiro atoms. The minimum absolute atomic E-state index is 0.278. The molecule has 0 saturated heterocycles. The number of hydrogen-bond donors (Lipinski definition) is 2. The summed E-state index contributed by atoms with van der Waals surface area (Å²) in [5.74, 6) is 2.67. The van der Waals surface area contributed by atoms with Gasteiger partial charge in [0.05, 0.1) is 11.7 Å². The summed E-state index contributed by atoms with van der Waals surface area (Å²) in [7, 11) is 0. The van der Waals surface area contributed by atoms with Gasteiger partial charge in [-0.15, -0.1) is 10.2 Å². The molecule has 0 unspecified atom stereocenters. The predicted octanol–water partition coefficient (Wildman–Crippen LogP) is 2.51. The van der Waals surface area contributed by atoms with Crippen molar-refractivity contribution in [2.75, 3.05) is 6.61 Å². The van der Waals surface area contributed by atoms with Crippen LogP contribution in [-0.4, -0.2) is 36.3 Å². The van der Waals surface area contributed by atoms with E-state index in [-0.39, 0.29) is 6.61 Å². The van der Waals surface area contributed by atoms with Gasteiger partial charge in [-0.2, -0.15) is 0 Å². The molecule has 1 fully saturated rings. The van der Waals surface area contributed by atoms with Crippen LogP contribution >= 0.6 is 0 Å². The molecular formula is C16H21N5O. The highest BCUT2D eigenvalue weighted by Gasteiger charge is 2.36. The van der Waals surface area contributed by atoms with Crippen LogP contribution in [-0.2, 0) is 0 Å². The van der Waals surface area contributed by atoms with Crippen LogP contribution in [0.2, 0.25) is 0 Å². The summed E-state index contributed by atoms with van der Waals surface area (Å²) in [6.07, 6.45) is 7.98. The maximum Gasteiger partial charge on any atom is 0.179 e. The molecule has 0 radical (unpaired) electrons. The highest BCUT2D eigenvalue weighted by Crippen LogP contribution is 2.45. The van der Waals surface area contributed by atoms with E-state index in [1.807, 2.05) is 12.3 Å². The zero-order valence-electron chi connectivity index (χ0n) is 12.7. The Morgan fingerprint density at radius 3 is 3.09 bits per heavy atom. The summed E-state index contributed by atoms with van der Waals surface area (Å²) in [6.45, 7) is 2.52. The first-order chi connectivity index (χ1) is 10.8. The quantitative estimate of drug-likeness (QED) is 0.776. The summed E-state index contributed by atoms with van der Waals surface area (Å²) in [6, 6.07) is 2.03. The molecule has 0 amide bonds. The monoisotopic (exact) mass is 299 g/mol. The van der Waals surface area contributed by atoms with Gasteiger partial charge in [-0.25, -0.2) is 4.98 Å². The van der Waals surface area contributed by atoms with Crippen LogP contribution in [0.1, 0.15) is 44.3 Å². The van der Waals surface area contributed by atoms with Crippen LogP contribution in [0, 0.1) is 11.8 Å². The largest absolute Gasteiger partial charge is 0.396 e. The third kappa shape index (κ3) is 2.01. The lowest BCUT2D eigenvalue weighted by Crippen LogP contribution is -2.09. The van der Waals surface area contributed by atoms with E-state index < -0.39 is 0 Å². The molecule has 6 nitrogen and oxygen atoms in total. The first-order valence-electron chi connectivity index (χ1n) is 8.09. The summed E-state index contributed by atoms with van der Waals surface area (Å²) in [4.78, 5) is 7.53. The standard InChI is InChI=1S/C16H21N5O/c1-2-11-7-10(4-6-22)8-12(11)16-20-19-14-9-18-15-13(21(14)16)3-5-17-15/h3,5,9-12,17,22H,2,4,6-8H2,1H3/t10-,11+,12-/m0/s1. The molecule has 1 aliphatic rings. The molecule has 22 heavy (non-hydrogen) atoms. The fraction of sp³-hybridized carbons (Fsp3) is 0.562. The molecule has 3 aromatic heterocycles. The number of hydrogen-bond acceptors (Lipinski definition) is 4. The number of fused-ring (bicyclic) bond motifs is 3. The van der Waals surface area contributed by atoms with Crippen LogP contribution in [0.5, 0.6) is 0 Å². The van der Waals surface area contributed by atoms with Crippen molar-refractivity contribution in [3.05, 3.63) is 24.3 Å². The molecule has 3 atom stereocenters. The van der Waals surface area contributed by atoms with E-state index in [0.717, 1.165) is 41.9 Å². The fourth-order valence-corrected chi connectivity index (χ4v) is 4.06. The highest BCUT2D eigenvalue weighted by atomic mass is 16.3. The van der Waals surface area contributed by atoms with Crippen LogP contribution in [0.4, 0.5) is 0 Å². The Hall–Kier alpha value is -1.95. The van der Waals surface area contributed by atoms with Crippen LogP contribution in [0.25, 0.3) is 16.8 Å². The average molecular weight is 299 g/mol. The molecule has 0 bridgehead atoms. The molecular weight excluding hydrogens is 278 g/mol. The van der Waals surface area contributed by atoms with Gasteiger partial charge in [-0.3, -0.25) is 4.40 Å². The first kappa shape index (κ1) is 13.7. The third-order valence-corrected chi connectivity index (χ3v) is 5.15. The Morgan fingerprint density at radius 1 is 1.36 bits per heavy atom. The number of nitrogens with one attached hydrogen (secondary N) is 1. The zero-order chi connectivity index (χ0) is 15.1. The lowest BCUT2D eigenvalue weighted by molar-refractivity contribution is 0.255. The number of H-pyrrole nitrogens is 1. The van der Waals surface area contributed by atoms with Gasteiger partial charge in [-0.1, -0.05) is 13.3 Å². The minimum Gasteiger partial charge on any atom is -0.396 e. The molecule has 3 aromatic rings. The van der Waals surface area contributed by atoms with Crippen molar-refractivity contribution < 1.29 is 5.11 Å². The average Bonchev–Trinajstić information content (AvgIpc) is 3.23. The van der Waals surface area contributed by atoms with Crippen molar-refractivity contribution >= 4 is 16.8 Å². The van der Waals surface area contributed by atoms with Crippen LogP contribution in [0.3, 0.4) is 0 Å². The van der Waals surface area contributed by atoms with Crippen LogP contribution in [0.15, 0.2) is 18.5 Å². The van der Waals surface area contributed by atoms with E-state index in [4.69, 9.17) is 0 Å². The van der Waals surface area contributed by atoms with Crippen molar-refractivity contribution in [1.82, 2.24) is 24.6 Å². The molecule has 2 N–H and O–H groups in total. The van der Waals surface area contributed by atoms with E-state index in [1.54, 1.807) is 6.20 Å². The number of aliphatic hydroxyl groups excluding tert-OH is 1. The van der Waals surface area contributed by atoms with Gasteiger partial charge < -0.3 is 10.1 Å². The van der Waals surface area contributed by atoms with Gasteiger partial charge in [-0.05, 0) is 37.2 Å². The van der Waals surface area contributed by atoms with Crippen LogP contribution < -0.4 is 0 Å².